The molecule has 1 amide bonds. The summed E-state index contributed by atoms with van der Waals surface area (Å²) >= 11 is 0. The normalized spacial score (nSPS) is 10.5. The van der Waals surface area contributed by atoms with Crippen molar-refractivity contribution in [1.82, 2.24) is 9.97 Å². The topological polar surface area (TPSA) is 57.8 Å². The van der Waals surface area contributed by atoms with E-state index >= 15 is 0 Å². The van der Waals surface area contributed by atoms with E-state index in [1.54, 1.807) is 12.4 Å². The van der Waals surface area contributed by atoms with Crippen molar-refractivity contribution in [3.05, 3.63) is 71.5 Å². The first kappa shape index (κ1) is 14.1. The van der Waals surface area contributed by atoms with Gasteiger partial charge in [-0.2, -0.15) is 0 Å². The number of anilines is 1. The highest BCUT2D eigenvalue weighted by Crippen LogP contribution is 2.18. The summed E-state index contributed by atoms with van der Waals surface area (Å²) < 4.78 is 0. The molecule has 0 saturated carbocycles. The van der Waals surface area contributed by atoms with Crippen LogP contribution in [0.3, 0.4) is 0 Å². The van der Waals surface area contributed by atoms with Gasteiger partial charge >= 0.3 is 0 Å². The number of amides is 1. The summed E-state index contributed by atoms with van der Waals surface area (Å²) in [4.78, 5) is 19.5. The van der Waals surface area contributed by atoms with E-state index in [2.05, 4.69) is 15.3 Å². The third kappa shape index (κ3) is 2.91. The van der Waals surface area contributed by atoms with Crippen molar-refractivity contribution in [3.8, 4) is 11.4 Å². The molecule has 0 atom stereocenters. The first-order valence-electron chi connectivity index (χ1n) is 7.12. The first-order valence-corrected chi connectivity index (χ1v) is 7.12. The zero-order valence-corrected chi connectivity index (χ0v) is 12.6. The number of aryl methyl sites for hydroxylation is 2. The molecule has 0 aliphatic rings. The minimum atomic E-state index is -0.103. The quantitative estimate of drug-likeness (QED) is 0.767. The fraction of sp³-hybridized carbons (Fsp3) is 0.111. The summed E-state index contributed by atoms with van der Waals surface area (Å²) in [6, 6.07) is 13.3. The molecule has 0 aliphatic heterocycles. The number of rotatable bonds is 3. The Hall–Kier alpha value is -2.88. The summed E-state index contributed by atoms with van der Waals surface area (Å²) in [6.45, 7) is 4.04. The Morgan fingerprint density at radius 1 is 1.05 bits per heavy atom. The highest BCUT2D eigenvalue weighted by Gasteiger charge is 2.07. The smallest absolute Gasteiger partial charge is 0.255 e. The molecule has 110 valence electrons. The second kappa shape index (κ2) is 5.85. The molecule has 1 heterocycles. The van der Waals surface area contributed by atoms with Crippen molar-refractivity contribution >= 4 is 11.6 Å². The zero-order chi connectivity index (χ0) is 15.5. The number of aromatic amines is 1. The number of aromatic nitrogens is 2. The van der Waals surface area contributed by atoms with Crippen molar-refractivity contribution in [2.75, 3.05) is 5.32 Å². The Bertz CT molecular complexity index is 790. The molecule has 0 radical (unpaired) electrons. The third-order valence-corrected chi connectivity index (χ3v) is 3.68. The molecule has 2 aromatic carbocycles. The summed E-state index contributed by atoms with van der Waals surface area (Å²) in [6.07, 6.45) is 3.50. The SMILES string of the molecule is Cc1ccc(C(=O)Nc2ccc(-c3ncc[nH]3)cc2)cc1C. The molecule has 4 nitrogen and oxygen atoms in total. The standard InChI is InChI=1S/C18H17N3O/c1-12-3-4-15(11-13(12)2)18(22)21-16-7-5-14(6-8-16)17-19-9-10-20-17/h3-11H,1-2H3,(H,19,20)(H,21,22). The number of hydrogen-bond donors (Lipinski definition) is 2. The molecule has 3 rings (SSSR count). The van der Waals surface area contributed by atoms with Crippen LogP contribution in [0, 0.1) is 13.8 Å². The van der Waals surface area contributed by atoms with E-state index in [1.807, 2.05) is 56.3 Å². The maximum Gasteiger partial charge on any atom is 0.255 e. The number of nitrogens with one attached hydrogen (secondary N) is 2. The summed E-state index contributed by atoms with van der Waals surface area (Å²) in [7, 11) is 0. The molecule has 2 N–H and O–H groups in total. The van der Waals surface area contributed by atoms with Crippen LogP contribution in [0.15, 0.2) is 54.9 Å². The summed E-state index contributed by atoms with van der Waals surface area (Å²) in [5, 5.41) is 2.91. The first-order chi connectivity index (χ1) is 10.6. The van der Waals surface area contributed by atoms with Crippen LogP contribution in [0.25, 0.3) is 11.4 Å². The van der Waals surface area contributed by atoms with Crippen molar-refractivity contribution in [3.63, 3.8) is 0 Å². The molecule has 0 spiro atoms. The number of hydrogen-bond acceptors (Lipinski definition) is 2. The second-order valence-electron chi connectivity index (χ2n) is 5.27. The molecule has 0 fully saturated rings. The van der Waals surface area contributed by atoms with E-state index in [4.69, 9.17) is 0 Å². The zero-order valence-electron chi connectivity index (χ0n) is 12.6. The number of imidazole rings is 1. The van der Waals surface area contributed by atoms with Crippen molar-refractivity contribution < 1.29 is 4.79 Å². The average molecular weight is 291 g/mol. The fourth-order valence-electron chi connectivity index (χ4n) is 2.22. The lowest BCUT2D eigenvalue weighted by molar-refractivity contribution is 0.102. The van der Waals surface area contributed by atoms with Crippen LogP contribution in [-0.2, 0) is 0 Å². The van der Waals surface area contributed by atoms with E-state index in [0.717, 1.165) is 22.6 Å². The molecular formula is C18H17N3O. The molecule has 0 unspecified atom stereocenters. The van der Waals surface area contributed by atoms with Crippen LogP contribution in [0.1, 0.15) is 21.5 Å². The van der Waals surface area contributed by atoms with E-state index in [-0.39, 0.29) is 5.91 Å². The number of carbonyl (C=O) groups is 1. The van der Waals surface area contributed by atoms with Crippen LogP contribution in [0.5, 0.6) is 0 Å². The minimum Gasteiger partial charge on any atom is -0.345 e. The van der Waals surface area contributed by atoms with Gasteiger partial charge in [-0.1, -0.05) is 6.07 Å². The Labute approximate surface area is 129 Å². The van der Waals surface area contributed by atoms with E-state index in [0.29, 0.717) is 5.56 Å². The van der Waals surface area contributed by atoms with Gasteiger partial charge in [-0.15, -0.1) is 0 Å². The molecule has 1 aromatic heterocycles. The average Bonchev–Trinajstić information content (AvgIpc) is 3.05. The minimum absolute atomic E-state index is 0.103. The lowest BCUT2D eigenvalue weighted by Crippen LogP contribution is -2.12. The van der Waals surface area contributed by atoms with E-state index in [1.165, 1.54) is 5.56 Å². The highest BCUT2D eigenvalue weighted by atomic mass is 16.1. The number of nitrogens with zero attached hydrogens (tertiary/aromatic N) is 1. The Balaban J connectivity index is 1.75. The van der Waals surface area contributed by atoms with Gasteiger partial charge in [0, 0.05) is 29.2 Å². The van der Waals surface area contributed by atoms with Gasteiger partial charge in [-0.3, -0.25) is 4.79 Å². The van der Waals surface area contributed by atoms with Gasteiger partial charge in [0.15, 0.2) is 0 Å². The summed E-state index contributed by atoms with van der Waals surface area (Å²) in [5.74, 6) is 0.709. The Morgan fingerprint density at radius 2 is 1.82 bits per heavy atom. The fourth-order valence-corrected chi connectivity index (χ4v) is 2.22. The molecule has 0 bridgehead atoms. The van der Waals surface area contributed by atoms with Crippen LogP contribution < -0.4 is 5.32 Å². The van der Waals surface area contributed by atoms with Crippen LogP contribution in [0.2, 0.25) is 0 Å². The molecule has 22 heavy (non-hydrogen) atoms. The Kier molecular flexibility index (Phi) is 3.74. The number of benzene rings is 2. The van der Waals surface area contributed by atoms with Gasteiger partial charge in [-0.25, -0.2) is 4.98 Å². The number of carbonyl (C=O) groups excluding carboxylic acids is 1. The van der Waals surface area contributed by atoms with Crippen molar-refractivity contribution in [1.29, 1.82) is 0 Å². The van der Waals surface area contributed by atoms with Gasteiger partial charge < -0.3 is 10.3 Å². The van der Waals surface area contributed by atoms with Gasteiger partial charge in [0.1, 0.15) is 5.82 Å². The predicted molar refractivity (Wildman–Crippen MR) is 87.9 cm³/mol. The molecule has 0 aliphatic carbocycles. The molecular weight excluding hydrogens is 274 g/mol. The maximum absolute atomic E-state index is 12.3. The Morgan fingerprint density at radius 3 is 2.45 bits per heavy atom. The van der Waals surface area contributed by atoms with Gasteiger partial charge in [-0.05, 0) is 61.4 Å². The van der Waals surface area contributed by atoms with Crippen LogP contribution >= 0.6 is 0 Å². The largest absolute Gasteiger partial charge is 0.345 e. The van der Waals surface area contributed by atoms with Crippen molar-refractivity contribution in [2.45, 2.75) is 13.8 Å². The monoisotopic (exact) mass is 291 g/mol. The highest BCUT2D eigenvalue weighted by molar-refractivity contribution is 6.04. The van der Waals surface area contributed by atoms with Crippen LogP contribution in [0.4, 0.5) is 5.69 Å². The van der Waals surface area contributed by atoms with Gasteiger partial charge in [0.25, 0.3) is 5.91 Å². The molecule has 3 aromatic rings. The van der Waals surface area contributed by atoms with Gasteiger partial charge in [0.05, 0.1) is 0 Å². The molecule has 0 saturated heterocycles. The van der Waals surface area contributed by atoms with E-state index < -0.39 is 0 Å². The lowest BCUT2D eigenvalue weighted by Gasteiger charge is -2.08. The van der Waals surface area contributed by atoms with Crippen molar-refractivity contribution in [2.24, 2.45) is 0 Å². The second-order valence-corrected chi connectivity index (χ2v) is 5.27. The summed E-state index contributed by atoms with van der Waals surface area (Å²) in [5.41, 5.74) is 4.70. The predicted octanol–water partition coefficient (Wildman–Crippen LogP) is 3.95. The third-order valence-electron chi connectivity index (χ3n) is 3.68. The molecule has 4 heteroatoms. The van der Waals surface area contributed by atoms with E-state index in [9.17, 15) is 4.79 Å². The lowest BCUT2D eigenvalue weighted by atomic mass is 10.1. The van der Waals surface area contributed by atoms with Crippen LogP contribution in [-0.4, -0.2) is 15.9 Å². The van der Waals surface area contributed by atoms with Gasteiger partial charge in [0.2, 0.25) is 0 Å². The number of H-pyrrole nitrogens is 1. The maximum atomic E-state index is 12.3.